The Kier molecular flexibility index (Phi) is 8.00. The smallest absolute Gasteiger partial charge is 0.251 e. The van der Waals surface area contributed by atoms with Gasteiger partial charge in [0.2, 0.25) is 10.0 Å². The van der Waals surface area contributed by atoms with Crippen molar-refractivity contribution < 1.29 is 13.2 Å². The van der Waals surface area contributed by atoms with Crippen LogP contribution in [0, 0.1) is 0 Å². The minimum absolute atomic E-state index is 0. The SMILES string of the molecule is Cl.NC(CNC(=O)c1cccc(S(=O)(=O)NC2CCCC2)c1)c1ccccc1. The van der Waals surface area contributed by atoms with Gasteiger partial charge in [0.1, 0.15) is 0 Å². The van der Waals surface area contributed by atoms with Crippen LogP contribution < -0.4 is 15.8 Å². The second kappa shape index (κ2) is 10.0. The van der Waals surface area contributed by atoms with Crippen molar-refractivity contribution >= 4 is 28.3 Å². The predicted molar refractivity (Wildman–Crippen MR) is 112 cm³/mol. The van der Waals surface area contributed by atoms with Gasteiger partial charge in [-0.15, -0.1) is 12.4 Å². The molecule has 0 aromatic heterocycles. The number of nitrogens with one attached hydrogen (secondary N) is 2. The summed E-state index contributed by atoms with van der Waals surface area (Å²) < 4.78 is 27.8. The van der Waals surface area contributed by atoms with Gasteiger partial charge in [-0.05, 0) is 36.6 Å². The molecule has 3 rings (SSSR count). The first-order chi connectivity index (χ1) is 13.0. The largest absolute Gasteiger partial charge is 0.350 e. The molecule has 8 heteroatoms. The number of hydrogen-bond donors (Lipinski definition) is 3. The zero-order valence-corrected chi connectivity index (χ0v) is 17.1. The summed E-state index contributed by atoms with van der Waals surface area (Å²) in [4.78, 5) is 12.5. The summed E-state index contributed by atoms with van der Waals surface area (Å²) in [5.41, 5.74) is 7.31. The second-order valence-corrected chi connectivity index (χ2v) is 8.57. The molecule has 0 bridgehead atoms. The standard InChI is InChI=1S/C20H25N3O3S.ClH/c21-19(15-7-2-1-3-8-15)14-22-20(24)16-9-6-12-18(13-16)27(25,26)23-17-10-4-5-11-17;/h1-3,6-9,12-13,17,19,23H,4-5,10-11,14,21H2,(H,22,24);1H. The van der Waals surface area contributed by atoms with Crippen LogP contribution in [0.25, 0.3) is 0 Å². The number of halogens is 1. The van der Waals surface area contributed by atoms with Crippen LogP contribution in [-0.2, 0) is 10.0 Å². The van der Waals surface area contributed by atoms with Crippen LogP contribution in [0.15, 0.2) is 59.5 Å². The van der Waals surface area contributed by atoms with Gasteiger partial charge < -0.3 is 11.1 Å². The monoisotopic (exact) mass is 423 g/mol. The fourth-order valence-electron chi connectivity index (χ4n) is 3.26. The van der Waals surface area contributed by atoms with E-state index in [2.05, 4.69) is 10.0 Å². The van der Waals surface area contributed by atoms with Gasteiger partial charge in [0.15, 0.2) is 0 Å². The molecule has 0 saturated heterocycles. The molecule has 1 atom stereocenters. The van der Waals surface area contributed by atoms with Crippen molar-refractivity contribution in [3.05, 3.63) is 65.7 Å². The summed E-state index contributed by atoms with van der Waals surface area (Å²) in [6.45, 7) is 0.264. The van der Waals surface area contributed by atoms with E-state index in [4.69, 9.17) is 5.73 Å². The van der Waals surface area contributed by atoms with Gasteiger partial charge >= 0.3 is 0 Å². The average molecular weight is 424 g/mol. The first-order valence-electron chi connectivity index (χ1n) is 9.17. The Hall–Kier alpha value is -1.93. The van der Waals surface area contributed by atoms with Crippen LogP contribution in [0.3, 0.4) is 0 Å². The highest BCUT2D eigenvalue weighted by molar-refractivity contribution is 7.89. The highest BCUT2D eigenvalue weighted by Crippen LogP contribution is 2.21. The molecule has 1 aliphatic carbocycles. The molecule has 6 nitrogen and oxygen atoms in total. The van der Waals surface area contributed by atoms with Crippen molar-refractivity contribution in [1.82, 2.24) is 10.0 Å². The normalized spacial score (nSPS) is 15.6. The third kappa shape index (κ3) is 5.78. The fraction of sp³-hybridized carbons (Fsp3) is 0.350. The highest BCUT2D eigenvalue weighted by atomic mass is 35.5. The Morgan fingerprint density at radius 2 is 1.75 bits per heavy atom. The molecular weight excluding hydrogens is 398 g/mol. The van der Waals surface area contributed by atoms with Crippen molar-refractivity contribution in [3.8, 4) is 0 Å². The van der Waals surface area contributed by atoms with Crippen LogP contribution in [0.2, 0.25) is 0 Å². The number of benzene rings is 2. The van der Waals surface area contributed by atoms with E-state index in [1.165, 1.54) is 12.1 Å². The minimum atomic E-state index is -3.63. The number of hydrogen-bond acceptors (Lipinski definition) is 4. The second-order valence-electron chi connectivity index (χ2n) is 6.86. The Morgan fingerprint density at radius 3 is 2.43 bits per heavy atom. The molecule has 1 unspecified atom stereocenters. The maximum Gasteiger partial charge on any atom is 0.251 e. The third-order valence-corrected chi connectivity index (χ3v) is 6.31. The molecule has 1 saturated carbocycles. The number of carbonyl (C=O) groups is 1. The summed E-state index contributed by atoms with van der Waals surface area (Å²) in [5, 5.41) is 2.77. The molecule has 1 amide bonds. The first kappa shape index (κ1) is 22.4. The molecular formula is C20H26ClN3O3S. The van der Waals surface area contributed by atoms with Crippen LogP contribution in [0.5, 0.6) is 0 Å². The van der Waals surface area contributed by atoms with E-state index in [0.717, 1.165) is 31.2 Å². The molecule has 1 aliphatic rings. The molecule has 0 radical (unpaired) electrons. The van der Waals surface area contributed by atoms with E-state index in [0.29, 0.717) is 5.56 Å². The van der Waals surface area contributed by atoms with Crippen molar-refractivity contribution in [2.75, 3.05) is 6.54 Å². The molecule has 0 spiro atoms. The molecule has 2 aromatic carbocycles. The number of nitrogens with two attached hydrogens (primary N) is 1. The van der Waals surface area contributed by atoms with Crippen molar-refractivity contribution in [3.63, 3.8) is 0 Å². The maximum atomic E-state index is 12.6. The Bertz CT molecular complexity index is 885. The summed E-state index contributed by atoms with van der Waals surface area (Å²) >= 11 is 0. The number of rotatable bonds is 7. The number of sulfonamides is 1. The topological polar surface area (TPSA) is 101 Å². The Labute approximate surface area is 172 Å². The van der Waals surface area contributed by atoms with Gasteiger partial charge in [0.05, 0.1) is 4.90 Å². The van der Waals surface area contributed by atoms with Gasteiger partial charge in [-0.3, -0.25) is 4.79 Å². The summed E-state index contributed by atoms with van der Waals surface area (Å²) in [5.74, 6) is -0.348. The zero-order valence-electron chi connectivity index (χ0n) is 15.5. The lowest BCUT2D eigenvalue weighted by Gasteiger charge is -2.14. The van der Waals surface area contributed by atoms with Gasteiger partial charge in [0.25, 0.3) is 5.91 Å². The number of amides is 1. The van der Waals surface area contributed by atoms with E-state index in [1.807, 2.05) is 30.3 Å². The van der Waals surface area contributed by atoms with Crippen LogP contribution in [-0.4, -0.2) is 26.9 Å². The molecule has 28 heavy (non-hydrogen) atoms. The Morgan fingerprint density at radius 1 is 1.07 bits per heavy atom. The zero-order chi connectivity index (χ0) is 19.3. The van der Waals surface area contributed by atoms with Crippen molar-refractivity contribution in [2.24, 2.45) is 5.73 Å². The van der Waals surface area contributed by atoms with Gasteiger partial charge in [-0.1, -0.05) is 49.2 Å². The van der Waals surface area contributed by atoms with E-state index in [9.17, 15) is 13.2 Å². The molecule has 4 N–H and O–H groups in total. The fourth-order valence-corrected chi connectivity index (χ4v) is 4.61. The molecule has 2 aromatic rings. The lowest BCUT2D eigenvalue weighted by molar-refractivity contribution is 0.0951. The van der Waals surface area contributed by atoms with E-state index in [-0.39, 0.29) is 41.8 Å². The van der Waals surface area contributed by atoms with Gasteiger partial charge in [-0.25, -0.2) is 13.1 Å². The van der Waals surface area contributed by atoms with E-state index in [1.54, 1.807) is 12.1 Å². The van der Waals surface area contributed by atoms with E-state index >= 15 is 0 Å². The quantitative estimate of drug-likeness (QED) is 0.637. The minimum Gasteiger partial charge on any atom is -0.350 e. The average Bonchev–Trinajstić information content (AvgIpc) is 3.19. The maximum absolute atomic E-state index is 12.6. The summed E-state index contributed by atoms with van der Waals surface area (Å²) in [6.07, 6.45) is 3.79. The number of carbonyl (C=O) groups excluding carboxylic acids is 1. The van der Waals surface area contributed by atoms with Crippen LogP contribution in [0.4, 0.5) is 0 Å². The highest BCUT2D eigenvalue weighted by Gasteiger charge is 2.23. The lowest BCUT2D eigenvalue weighted by Crippen LogP contribution is -2.33. The summed E-state index contributed by atoms with van der Waals surface area (Å²) in [7, 11) is -3.63. The van der Waals surface area contributed by atoms with Crippen LogP contribution in [0.1, 0.15) is 47.6 Å². The summed E-state index contributed by atoms with van der Waals surface area (Å²) in [6, 6.07) is 15.2. The Balaban J connectivity index is 0.00000280. The molecule has 0 heterocycles. The third-order valence-electron chi connectivity index (χ3n) is 4.79. The predicted octanol–water partition coefficient (Wildman–Crippen LogP) is 2.76. The molecule has 152 valence electrons. The first-order valence-corrected chi connectivity index (χ1v) is 10.6. The molecule has 0 aliphatic heterocycles. The van der Waals surface area contributed by atoms with Crippen molar-refractivity contribution in [1.29, 1.82) is 0 Å². The van der Waals surface area contributed by atoms with E-state index < -0.39 is 10.0 Å². The van der Waals surface area contributed by atoms with Crippen molar-refractivity contribution in [2.45, 2.75) is 42.7 Å². The van der Waals surface area contributed by atoms with Crippen LogP contribution >= 0.6 is 12.4 Å². The molecule has 1 fully saturated rings. The van der Waals surface area contributed by atoms with Gasteiger partial charge in [-0.2, -0.15) is 0 Å². The lowest BCUT2D eigenvalue weighted by atomic mass is 10.1. The van der Waals surface area contributed by atoms with Gasteiger partial charge in [0, 0.05) is 24.2 Å².